The molecular formula is C30H44N10O7. The van der Waals surface area contributed by atoms with Crippen LogP contribution in [0.4, 0.5) is 23.5 Å². The molecule has 0 amide bonds. The molecule has 0 bridgehead atoms. The minimum Gasteiger partial charge on any atom is -0.493 e. The lowest BCUT2D eigenvalue weighted by atomic mass is 10.2. The maximum Gasteiger partial charge on any atom is 0.228 e. The number of nitrogen functional groups attached to an aromatic ring is 2. The first kappa shape index (κ1) is 34.9. The number of anilines is 4. The van der Waals surface area contributed by atoms with E-state index in [-0.39, 0.29) is 5.48 Å². The first-order valence-corrected chi connectivity index (χ1v) is 14.8. The maximum absolute atomic E-state index is 6.16. The zero-order chi connectivity index (χ0) is 32.8. The summed E-state index contributed by atoms with van der Waals surface area (Å²) in [6, 6.07) is 3.54. The number of benzene rings is 2. The van der Waals surface area contributed by atoms with Gasteiger partial charge in [-0.25, -0.2) is 9.97 Å². The smallest absolute Gasteiger partial charge is 0.228 e. The normalized spacial score (nSPS) is 14.5. The highest BCUT2D eigenvalue weighted by Crippen LogP contribution is 2.45. The zero-order valence-corrected chi connectivity index (χ0v) is 27.6. The molecule has 0 radical (unpaired) electrons. The van der Waals surface area contributed by atoms with Crippen LogP contribution < -0.4 is 60.3 Å². The summed E-state index contributed by atoms with van der Waals surface area (Å²) in [4.78, 5) is 22.4. The molecule has 2 aliphatic heterocycles. The molecule has 6 rings (SSSR count). The van der Waals surface area contributed by atoms with E-state index in [0.29, 0.717) is 79.8 Å². The van der Waals surface area contributed by atoms with Crippen LogP contribution in [-0.4, -0.2) is 120 Å². The number of hydrogen-bond acceptors (Lipinski definition) is 16. The van der Waals surface area contributed by atoms with Gasteiger partial charge >= 0.3 is 0 Å². The Morgan fingerprint density at radius 1 is 0.532 bits per heavy atom. The van der Waals surface area contributed by atoms with E-state index >= 15 is 0 Å². The van der Waals surface area contributed by atoms with Gasteiger partial charge in [-0.15, -0.1) is 0 Å². The predicted octanol–water partition coefficient (Wildman–Crippen LogP) is 0.470. The van der Waals surface area contributed by atoms with Crippen LogP contribution in [0.2, 0.25) is 0 Å². The van der Waals surface area contributed by atoms with Gasteiger partial charge in [-0.3, -0.25) is 0 Å². The third-order valence-electron chi connectivity index (χ3n) is 7.82. The molecule has 2 aromatic carbocycles. The van der Waals surface area contributed by atoms with E-state index in [1.54, 1.807) is 54.8 Å². The van der Waals surface area contributed by atoms with Gasteiger partial charge in [0.25, 0.3) is 0 Å². The van der Waals surface area contributed by atoms with Gasteiger partial charge in [0.05, 0.1) is 53.4 Å². The molecule has 4 heterocycles. The molecule has 2 fully saturated rings. The number of nitrogens with two attached hydrogens (primary N) is 2. The fourth-order valence-corrected chi connectivity index (χ4v) is 5.49. The molecule has 0 atom stereocenters. The summed E-state index contributed by atoms with van der Waals surface area (Å²) in [5.74, 6) is 5.01. The summed E-state index contributed by atoms with van der Waals surface area (Å²) in [6.07, 6.45) is 0. The van der Waals surface area contributed by atoms with Gasteiger partial charge in [0.2, 0.25) is 23.4 Å². The Kier molecular flexibility index (Phi) is 11.5. The van der Waals surface area contributed by atoms with E-state index in [1.807, 2.05) is 0 Å². The minimum atomic E-state index is 0. The van der Waals surface area contributed by atoms with Crippen molar-refractivity contribution < 1.29 is 33.9 Å². The lowest BCUT2D eigenvalue weighted by molar-refractivity contribution is 0.327. The van der Waals surface area contributed by atoms with Crippen molar-refractivity contribution in [3.8, 4) is 34.5 Å². The Labute approximate surface area is 272 Å². The highest BCUT2D eigenvalue weighted by Gasteiger charge is 2.24. The molecule has 0 unspecified atom stereocenters. The predicted molar refractivity (Wildman–Crippen MR) is 181 cm³/mol. The number of nitrogens with zero attached hydrogens (tertiary/aromatic N) is 6. The third kappa shape index (κ3) is 6.91. The molecule has 4 aromatic rings. The highest BCUT2D eigenvalue weighted by molar-refractivity contribution is 5.98. The lowest BCUT2D eigenvalue weighted by Gasteiger charge is -2.28. The molecule has 0 aliphatic carbocycles. The number of methoxy groups -OCH3 is 6. The molecule has 2 saturated heterocycles. The first-order valence-electron chi connectivity index (χ1n) is 14.8. The van der Waals surface area contributed by atoms with Gasteiger partial charge in [0, 0.05) is 52.4 Å². The SMILES string of the molecule is COc1cc2c(N)nc(N3CCNCC3)nc2c(OC)c1OC.COc1cc2c(N)nc(N3CCNCC3)nc2c(OC)c1OC.O. The van der Waals surface area contributed by atoms with Crippen LogP contribution in [0, 0.1) is 0 Å². The lowest BCUT2D eigenvalue weighted by Crippen LogP contribution is -2.44. The van der Waals surface area contributed by atoms with Gasteiger partial charge in [0.1, 0.15) is 22.7 Å². The second-order valence-corrected chi connectivity index (χ2v) is 10.4. The van der Waals surface area contributed by atoms with Crippen LogP contribution in [0.25, 0.3) is 21.8 Å². The molecule has 0 spiro atoms. The quantitative estimate of drug-likeness (QED) is 0.202. The second-order valence-electron chi connectivity index (χ2n) is 10.4. The van der Waals surface area contributed by atoms with Crippen LogP contribution in [0.15, 0.2) is 12.1 Å². The van der Waals surface area contributed by atoms with Gasteiger partial charge in [0.15, 0.2) is 23.0 Å². The summed E-state index contributed by atoms with van der Waals surface area (Å²) in [5, 5.41) is 7.96. The highest BCUT2D eigenvalue weighted by atomic mass is 16.5. The topological polar surface area (TPSA) is 221 Å². The molecule has 256 valence electrons. The fourth-order valence-electron chi connectivity index (χ4n) is 5.49. The average molecular weight is 657 g/mol. The molecule has 0 saturated carbocycles. The van der Waals surface area contributed by atoms with E-state index in [4.69, 9.17) is 39.9 Å². The minimum absolute atomic E-state index is 0. The van der Waals surface area contributed by atoms with E-state index in [9.17, 15) is 0 Å². The Morgan fingerprint density at radius 2 is 0.872 bits per heavy atom. The van der Waals surface area contributed by atoms with E-state index in [2.05, 4.69) is 40.4 Å². The van der Waals surface area contributed by atoms with Crippen molar-refractivity contribution in [2.45, 2.75) is 0 Å². The van der Waals surface area contributed by atoms with Gasteiger partial charge in [-0.2, -0.15) is 9.97 Å². The second kappa shape index (κ2) is 15.5. The van der Waals surface area contributed by atoms with Crippen LogP contribution in [-0.2, 0) is 0 Å². The van der Waals surface area contributed by atoms with Gasteiger partial charge in [-0.05, 0) is 12.1 Å². The summed E-state index contributed by atoms with van der Waals surface area (Å²) in [6.45, 7) is 6.91. The third-order valence-corrected chi connectivity index (χ3v) is 7.82. The number of hydrogen-bond donors (Lipinski definition) is 4. The number of aromatic nitrogens is 4. The molecule has 8 N–H and O–H groups in total. The number of nitrogens with one attached hydrogen (secondary N) is 2. The summed E-state index contributed by atoms with van der Waals surface area (Å²) in [5.41, 5.74) is 13.5. The number of rotatable bonds is 8. The standard InChI is InChI=1S/2C15H21N5O3.H2O/c2*1-21-10-8-9-11(13(23-3)12(10)22-2)18-15(19-14(9)16)20-6-4-17-5-7-20;/h2*8,17H,4-7H2,1-3H3,(H2,16,18,19);1H2. The summed E-state index contributed by atoms with van der Waals surface area (Å²) < 4.78 is 32.6. The summed E-state index contributed by atoms with van der Waals surface area (Å²) in [7, 11) is 9.39. The summed E-state index contributed by atoms with van der Waals surface area (Å²) >= 11 is 0. The molecule has 17 nitrogen and oxygen atoms in total. The Hall–Kier alpha value is -5.00. The van der Waals surface area contributed by atoms with Crippen molar-refractivity contribution >= 4 is 45.3 Å². The van der Waals surface area contributed by atoms with Crippen molar-refractivity contribution in [2.24, 2.45) is 0 Å². The Bertz CT molecular complexity index is 1560. The van der Waals surface area contributed by atoms with Crippen LogP contribution in [0.1, 0.15) is 0 Å². The molecular weight excluding hydrogens is 612 g/mol. The molecule has 2 aliphatic rings. The zero-order valence-electron chi connectivity index (χ0n) is 27.6. The largest absolute Gasteiger partial charge is 0.493 e. The van der Waals surface area contributed by atoms with Crippen molar-refractivity contribution in [2.75, 3.05) is 116 Å². The van der Waals surface area contributed by atoms with Crippen LogP contribution >= 0.6 is 0 Å². The monoisotopic (exact) mass is 656 g/mol. The van der Waals surface area contributed by atoms with E-state index < -0.39 is 0 Å². The Morgan fingerprint density at radius 3 is 1.17 bits per heavy atom. The van der Waals surface area contributed by atoms with Crippen molar-refractivity contribution in [1.82, 2.24) is 30.6 Å². The Balaban J connectivity index is 0.000000208. The van der Waals surface area contributed by atoms with Crippen molar-refractivity contribution in [3.63, 3.8) is 0 Å². The molecule has 17 heteroatoms. The molecule has 2 aromatic heterocycles. The number of ether oxygens (including phenoxy) is 6. The van der Waals surface area contributed by atoms with Gasteiger partial charge < -0.3 is 65.8 Å². The number of fused-ring (bicyclic) bond motifs is 2. The number of piperazine rings is 2. The van der Waals surface area contributed by atoms with Crippen LogP contribution in [0.5, 0.6) is 34.5 Å². The van der Waals surface area contributed by atoms with E-state index in [0.717, 1.165) is 52.4 Å². The van der Waals surface area contributed by atoms with Crippen molar-refractivity contribution in [1.29, 1.82) is 0 Å². The first-order chi connectivity index (χ1) is 22.4. The van der Waals surface area contributed by atoms with Crippen LogP contribution in [0.3, 0.4) is 0 Å². The van der Waals surface area contributed by atoms with Gasteiger partial charge in [-0.1, -0.05) is 0 Å². The average Bonchev–Trinajstić information content (AvgIpc) is 3.10. The van der Waals surface area contributed by atoms with Crippen molar-refractivity contribution in [3.05, 3.63) is 12.1 Å². The fraction of sp³-hybridized carbons (Fsp3) is 0.467. The maximum atomic E-state index is 6.16. The van der Waals surface area contributed by atoms with E-state index in [1.165, 1.54) is 0 Å². The molecule has 47 heavy (non-hydrogen) atoms.